The largest absolute Gasteiger partial charge is 0.467 e. The van der Waals surface area contributed by atoms with Crippen molar-refractivity contribution in [3.05, 3.63) is 37.7 Å². The molecule has 1 aliphatic rings. The van der Waals surface area contributed by atoms with E-state index in [-0.39, 0.29) is 45.7 Å². The van der Waals surface area contributed by atoms with Crippen LogP contribution in [0.4, 0.5) is 20.6 Å². The van der Waals surface area contributed by atoms with Gasteiger partial charge in [0.25, 0.3) is 0 Å². The lowest BCUT2D eigenvalue weighted by Gasteiger charge is -2.41. The molecule has 1 amide bonds. The topological polar surface area (TPSA) is 115 Å². The monoisotopic (exact) mass is 546 g/mol. The molecule has 1 atom stereocenters. The number of anilines is 1. The first-order valence-corrected chi connectivity index (χ1v) is 11.0. The fourth-order valence-corrected chi connectivity index (χ4v) is 4.03. The summed E-state index contributed by atoms with van der Waals surface area (Å²) in [6.07, 6.45) is 0.290. The van der Waals surface area contributed by atoms with Gasteiger partial charge in [-0.15, -0.1) is 0 Å². The van der Waals surface area contributed by atoms with Crippen LogP contribution in [0.3, 0.4) is 0 Å². The maximum atomic E-state index is 14.8. The summed E-state index contributed by atoms with van der Waals surface area (Å²) in [6, 6.07) is 0.222. The van der Waals surface area contributed by atoms with Gasteiger partial charge in [-0.2, -0.15) is 0 Å². The molecule has 1 saturated heterocycles. The van der Waals surface area contributed by atoms with Gasteiger partial charge in [0.2, 0.25) is 0 Å². The Morgan fingerprint density at radius 1 is 1.36 bits per heavy atom. The Labute approximate surface area is 201 Å². The maximum absolute atomic E-state index is 14.8. The number of carbonyl (C=O) groups excluding carboxylic acids is 2. The fourth-order valence-electron chi connectivity index (χ4n) is 3.53. The van der Waals surface area contributed by atoms with E-state index in [9.17, 15) is 24.1 Å². The summed E-state index contributed by atoms with van der Waals surface area (Å²) >= 11 is 9.16. The molecule has 0 bridgehead atoms. The second-order valence-electron chi connectivity index (χ2n) is 8.29. The van der Waals surface area contributed by atoms with E-state index < -0.39 is 40.1 Å². The van der Waals surface area contributed by atoms with Gasteiger partial charge in [-0.1, -0.05) is 11.6 Å². The molecule has 3 rings (SSSR count). The predicted molar refractivity (Wildman–Crippen MR) is 122 cm³/mol. The van der Waals surface area contributed by atoms with Crippen LogP contribution in [-0.4, -0.2) is 65.3 Å². The Bertz CT molecular complexity index is 1140. The van der Waals surface area contributed by atoms with Gasteiger partial charge in [-0.25, -0.2) is 19.0 Å². The summed E-state index contributed by atoms with van der Waals surface area (Å²) in [6.45, 7) is 5.07. The van der Waals surface area contributed by atoms with Crippen LogP contribution in [0.1, 0.15) is 20.8 Å². The first kappa shape index (κ1) is 24.9. The van der Waals surface area contributed by atoms with Gasteiger partial charge in [0.1, 0.15) is 29.0 Å². The minimum atomic E-state index is -1.12. The zero-order chi connectivity index (χ0) is 24.7. The van der Waals surface area contributed by atoms with Gasteiger partial charge in [0.15, 0.2) is 5.82 Å². The number of hydrogen-bond acceptors (Lipinski definition) is 8. The molecule has 1 aromatic heterocycles. The summed E-state index contributed by atoms with van der Waals surface area (Å²) in [5.41, 5.74) is -1.40. The first-order valence-electron chi connectivity index (χ1n) is 9.78. The number of hydrogen-bond donors (Lipinski definition) is 0. The van der Waals surface area contributed by atoms with E-state index in [2.05, 4.69) is 20.9 Å². The number of amides is 1. The summed E-state index contributed by atoms with van der Waals surface area (Å²) in [5.74, 6) is -1.53. The molecule has 10 nitrogen and oxygen atoms in total. The van der Waals surface area contributed by atoms with Crippen molar-refractivity contribution < 1.29 is 28.4 Å². The normalized spacial score (nSPS) is 16.6. The minimum absolute atomic E-state index is 0.00820. The molecular weight excluding hydrogens is 527 g/mol. The zero-order valence-corrected chi connectivity index (χ0v) is 20.6. The van der Waals surface area contributed by atoms with E-state index in [0.717, 1.165) is 6.20 Å². The van der Waals surface area contributed by atoms with Gasteiger partial charge in [0.05, 0.1) is 28.1 Å². The van der Waals surface area contributed by atoms with Crippen LogP contribution in [-0.2, 0) is 14.3 Å². The van der Waals surface area contributed by atoms with E-state index in [1.165, 1.54) is 23.0 Å². The number of esters is 1. The number of rotatable bonds is 3. The van der Waals surface area contributed by atoms with Gasteiger partial charge in [-0.05, 0) is 42.8 Å². The third-order valence-electron chi connectivity index (χ3n) is 4.94. The molecule has 1 aliphatic heterocycles. The fraction of sp³-hybridized carbons (Fsp3) is 0.450. The number of halogens is 3. The second kappa shape index (κ2) is 9.26. The van der Waals surface area contributed by atoms with Crippen molar-refractivity contribution in [3.8, 4) is 0 Å². The van der Waals surface area contributed by atoms with Crippen molar-refractivity contribution in [2.45, 2.75) is 32.4 Å². The van der Waals surface area contributed by atoms with Crippen molar-refractivity contribution in [2.75, 3.05) is 31.6 Å². The molecule has 0 unspecified atom stereocenters. The highest BCUT2D eigenvalue weighted by molar-refractivity contribution is 9.10. The number of benzene rings is 1. The summed E-state index contributed by atoms with van der Waals surface area (Å²) in [5, 5.41) is 11.9. The number of carbonyl (C=O) groups is 2. The lowest BCUT2D eigenvalue weighted by molar-refractivity contribution is -0.384. The third-order valence-corrected chi connectivity index (χ3v) is 6.24. The van der Waals surface area contributed by atoms with Gasteiger partial charge >= 0.3 is 17.7 Å². The van der Waals surface area contributed by atoms with Crippen LogP contribution in [0.2, 0.25) is 5.02 Å². The average Bonchev–Trinajstić information content (AvgIpc) is 2.74. The van der Waals surface area contributed by atoms with E-state index in [1.54, 1.807) is 20.8 Å². The SMILES string of the molecule is COC(=O)[C@H]1CN(C(=O)OC(C)(C)C)CCN1c1c([N+](=O)[O-])cnc2c(F)c(Br)c(Cl)cc12. The standard InChI is InChI=1S/C20H21BrClFN4O6/c1-20(2,3)33-19(29)25-5-6-26(13(9-25)18(28)32-4)17-10-7-11(22)14(21)15(23)16(10)24-8-12(17)27(30)31/h7-8,13H,5-6,9H2,1-4H3/t13-/m1/s1. The van der Waals surface area contributed by atoms with Crippen LogP contribution >= 0.6 is 27.5 Å². The Balaban J connectivity index is 2.15. The highest BCUT2D eigenvalue weighted by Gasteiger charge is 2.40. The number of methoxy groups -OCH3 is 1. The molecule has 2 aromatic rings. The Kier molecular flexibility index (Phi) is 6.99. The van der Waals surface area contributed by atoms with E-state index >= 15 is 0 Å². The van der Waals surface area contributed by atoms with Crippen LogP contribution in [0.15, 0.2) is 16.7 Å². The number of pyridine rings is 1. The van der Waals surface area contributed by atoms with Crippen molar-refractivity contribution in [1.82, 2.24) is 9.88 Å². The molecule has 0 saturated carbocycles. The number of nitrogens with zero attached hydrogens (tertiary/aromatic N) is 4. The van der Waals surface area contributed by atoms with Gasteiger partial charge in [-0.3, -0.25) is 10.1 Å². The summed E-state index contributed by atoms with van der Waals surface area (Å²) in [4.78, 5) is 43.0. The van der Waals surface area contributed by atoms with Crippen molar-refractivity contribution in [3.63, 3.8) is 0 Å². The summed E-state index contributed by atoms with van der Waals surface area (Å²) in [7, 11) is 1.17. The maximum Gasteiger partial charge on any atom is 0.410 e. The smallest absolute Gasteiger partial charge is 0.410 e. The van der Waals surface area contributed by atoms with Crippen LogP contribution in [0.5, 0.6) is 0 Å². The number of nitro groups is 1. The van der Waals surface area contributed by atoms with Crippen molar-refractivity contribution >= 4 is 61.9 Å². The van der Waals surface area contributed by atoms with Crippen LogP contribution < -0.4 is 4.90 Å². The quantitative estimate of drug-likeness (QED) is 0.242. The molecule has 1 aromatic carbocycles. The van der Waals surface area contributed by atoms with E-state index in [0.29, 0.717) is 0 Å². The molecule has 0 spiro atoms. The summed E-state index contributed by atoms with van der Waals surface area (Å²) < 4.78 is 25.1. The van der Waals surface area contributed by atoms with E-state index in [4.69, 9.17) is 21.1 Å². The molecule has 13 heteroatoms. The zero-order valence-electron chi connectivity index (χ0n) is 18.2. The molecule has 178 valence electrons. The molecule has 0 N–H and O–H groups in total. The molecular formula is C20H21BrClFN4O6. The molecule has 2 heterocycles. The van der Waals surface area contributed by atoms with Gasteiger partial charge < -0.3 is 19.3 Å². The number of aromatic nitrogens is 1. The Morgan fingerprint density at radius 3 is 2.61 bits per heavy atom. The van der Waals surface area contributed by atoms with Crippen molar-refractivity contribution in [2.24, 2.45) is 0 Å². The number of piperazine rings is 1. The lowest BCUT2D eigenvalue weighted by Crippen LogP contribution is -2.59. The van der Waals surface area contributed by atoms with Crippen LogP contribution in [0, 0.1) is 15.9 Å². The lowest BCUT2D eigenvalue weighted by atomic mass is 10.1. The predicted octanol–water partition coefficient (Wildman–Crippen LogP) is 4.30. The average molecular weight is 548 g/mol. The Hall–Kier alpha value is -2.73. The highest BCUT2D eigenvalue weighted by atomic mass is 79.9. The second-order valence-corrected chi connectivity index (χ2v) is 9.49. The van der Waals surface area contributed by atoms with Crippen molar-refractivity contribution in [1.29, 1.82) is 0 Å². The number of ether oxygens (including phenoxy) is 2. The minimum Gasteiger partial charge on any atom is -0.467 e. The molecule has 0 radical (unpaired) electrons. The molecule has 33 heavy (non-hydrogen) atoms. The highest BCUT2D eigenvalue weighted by Crippen LogP contribution is 2.41. The number of fused-ring (bicyclic) bond motifs is 1. The van der Waals surface area contributed by atoms with E-state index in [1.807, 2.05) is 0 Å². The molecule has 0 aliphatic carbocycles. The molecule has 1 fully saturated rings. The van der Waals surface area contributed by atoms with Crippen LogP contribution in [0.25, 0.3) is 10.9 Å². The third kappa shape index (κ3) is 4.96. The van der Waals surface area contributed by atoms with Gasteiger partial charge in [0, 0.05) is 18.5 Å². The first-order chi connectivity index (χ1) is 15.4. The Morgan fingerprint density at radius 2 is 2.03 bits per heavy atom.